The van der Waals surface area contributed by atoms with E-state index in [2.05, 4.69) is 10.6 Å². The summed E-state index contributed by atoms with van der Waals surface area (Å²) in [5.74, 6) is -0.408. The van der Waals surface area contributed by atoms with Crippen molar-refractivity contribution in [2.75, 3.05) is 25.6 Å². The number of rotatable bonds is 8. The van der Waals surface area contributed by atoms with E-state index >= 15 is 0 Å². The van der Waals surface area contributed by atoms with Crippen LogP contribution < -0.4 is 15.4 Å². The van der Waals surface area contributed by atoms with Gasteiger partial charge in [0.2, 0.25) is 0 Å². The lowest BCUT2D eigenvalue weighted by Gasteiger charge is -2.15. The average Bonchev–Trinajstić information content (AvgIpc) is 2.45. The van der Waals surface area contributed by atoms with Crippen molar-refractivity contribution in [3.8, 4) is 5.75 Å². The molecule has 0 fully saturated rings. The standard InChI is InChI=1S/C14H20N2O5/c1-3-21-12-7-5-4-6-11(12)16-14(19)15-9-10(20-2)8-13(17)18/h4-7,10H,3,8-9H2,1-2H3,(H,17,18)(H2,15,16,19). The number of hydrogen-bond donors (Lipinski definition) is 3. The fraction of sp³-hybridized carbons (Fsp3) is 0.429. The summed E-state index contributed by atoms with van der Waals surface area (Å²) in [5, 5.41) is 13.9. The summed E-state index contributed by atoms with van der Waals surface area (Å²) in [6.45, 7) is 2.45. The van der Waals surface area contributed by atoms with Crippen LogP contribution >= 0.6 is 0 Å². The Balaban J connectivity index is 2.52. The highest BCUT2D eigenvalue weighted by Gasteiger charge is 2.14. The van der Waals surface area contributed by atoms with Crippen LogP contribution in [0, 0.1) is 0 Å². The summed E-state index contributed by atoms with van der Waals surface area (Å²) in [6, 6.07) is 6.61. The van der Waals surface area contributed by atoms with Gasteiger partial charge in [-0.05, 0) is 19.1 Å². The van der Waals surface area contributed by atoms with E-state index < -0.39 is 18.1 Å². The number of anilines is 1. The molecule has 0 aromatic heterocycles. The van der Waals surface area contributed by atoms with Crippen LogP contribution in [0.3, 0.4) is 0 Å². The predicted octanol–water partition coefficient (Wildman–Crippen LogP) is 1.70. The molecule has 116 valence electrons. The van der Waals surface area contributed by atoms with E-state index in [1.165, 1.54) is 7.11 Å². The van der Waals surface area contributed by atoms with Gasteiger partial charge in [-0.3, -0.25) is 4.79 Å². The first-order chi connectivity index (χ1) is 10.1. The molecule has 1 aromatic carbocycles. The van der Waals surface area contributed by atoms with Crippen LogP contribution in [-0.4, -0.2) is 43.5 Å². The molecule has 0 saturated heterocycles. The summed E-state index contributed by atoms with van der Waals surface area (Å²) < 4.78 is 10.4. The molecule has 1 rings (SSSR count). The van der Waals surface area contributed by atoms with Gasteiger partial charge in [0.15, 0.2) is 0 Å². The van der Waals surface area contributed by atoms with Crippen LogP contribution in [0.5, 0.6) is 5.75 Å². The molecule has 0 radical (unpaired) electrons. The van der Waals surface area contributed by atoms with E-state index in [-0.39, 0.29) is 13.0 Å². The Kier molecular flexibility index (Phi) is 7.03. The molecule has 7 nitrogen and oxygen atoms in total. The first-order valence-electron chi connectivity index (χ1n) is 6.58. The van der Waals surface area contributed by atoms with Crippen molar-refractivity contribution in [3.05, 3.63) is 24.3 Å². The van der Waals surface area contributed by atoms with Gasteiger partial charge < -0.3 is 25.2 Å². The second-order valence-corrected chi connectivity index (χ2v) is 4.22. The molecular formula is C14H20N2O5. The highest BCUT2D eigenvalue weighted by Crippen LogP contribution is 2.23. The van der Waals surface area contributed by atoms with Crippen LogP contribution in [0.1, 0.15) is 13.3 Å². The minimum Gasteiger partial charge on any atom is -0.492 e. The number of hydrogen-bond acceptors (Lipinski definition) is 4. The first kappa shape index (κ1) is 16.8. The molecule has 3 N–H and O–H groups in total. The summed E-state index contributed by atoms with van der Waals surface area (Å²) >= 11 is 0. The Hall–Kier alpha value is -2.28. The van der Waals surface area contributed by atoms with Gasteiger partial charge in [0.1, 0.15) is 5.75 Å². The number of ether oxygens (including phenoxy) is 2. The van der Waals surface area contributed by atoms with E-state index in [1.54, 1.807) is 18.2 Å². The van der Waals surface area contributed by atoms with Crippen LogP contribution in [-0.2, 0) is 9.53 Å². The zero-order chi connectivity index (χ0) is 15.7. The first-order valence-corrected chi connectivity index (χ1v) is 6.58. The Morgan fingerprint density at radius 1 is 1.33 bits per heavy atom. The quantitative estimate of drug-likeness (QED) is 0.678. The van der Waals surface area contributed by atoms with Gasteiger partial charge in [0.05, 0.1) is 24.8 Å². The largest absolute Gasteiger partial charge is 0.492 e. The van der Waals surface area contributed by atoms with E-state index in [4.69, 9.17) is 14.6 Å². The minimum absolute atomic E-state index is 0.103. The number of carboxylic acids is 1. The van der Waals surface area contributed by atoms with E-state index in [0.29, 0.717) is 18.0 Å². The van der Waals surface area contributed by atoms with Crippen molar-refractivity contribution in [2.45, 2.75) is 19.4 Å². The van der Waals surface area contributed by atoms with Crippen LogP contribution in [0.2, 0.25) is 0 Å². The number of urea groups is 1. The van der Waals surface area contributed by atoms with Crippen LogP contribution in [0.15, 0.2) is 24.3 Å². The summed E-state index contributed by atoms with van der Waals surface area (Å²) in [7, 11) is 1.40. The van der Waals surface area contributed by atoms with Crippen LogP contribution in [0.25, 0.3) is 0 Å². The molecule has 7 heteroatoms. The van der Waals surface area contributed by atoms with Crippen molar-refractivity contribution >= 4 is 17.7 Å². The van der Waals surface area contributed by atoms with Crippen molar-refractivity contribution in [1.29, 1.82) is 0 Å². The molecule has 2 amide bonds. The van der Waals surface area contributed by atoms with E-state index in [9.17, 15) is 9.59 Å². The monoisotopic (exact) mass is 296 g/mol. The van der Waals surface area contributed by atoms with Gasteiger partial charge in [0, 0.05) is 13.7 Å². The molecule has 1 unspecified atom stereocenters. The van der Waals surface area contributed by atoms with Gasteiger partial charge in [-0.1, -0.05) is 12.1 Å². The number of benzene rings is 1. The summed E-state index contributed by atoms with van der Waals surface area (Å²) in [4.78, 5) is 22.4. The Morgan fingerprint density at radius 2 is 2.05 bits per heavy atom. The summed E-state index contributed by atoms with van der Waals surface area (Å²) in [6.07, 6.45) is -0.748. The number of carbonyl (C=O) groups is 2. The average molecular weight is 296 g/mol. The number of amides is 2. The zero-order valence-corrected chi connectivity index (χ0v) is 12.1. The lowest BCUT2D eigenvalue weighted by Crippen LogP contribution is -2.37. The van der Waals surface area contributed by atoms with Gasteiger partial charge in [-0.25, -0.2) is 4.79 Å². The van der Waals surface area contributed by atoms with E-state index in [1.807, 2.05) is 13.0 Å². The molecule has 1 atom stereocenters. The van der Waals surface area contributed by atoms with Crippen LogP contribution in [0.4, 0.5) is 10.5 Å². The van der Waals surface area contributed by atoms with Gasteiger partial charge >= 0.3 is 12.0 Å². The topological polar surface area (TPSA) is 96.9 Å². The van der Waals surface area contributed by atoms with Crippen molar-refractivity contribution in [3.63, 3.8) is 0 Å². The van der Waals surface area contributed by atoms with Gasteiger partial charge in [0.25, 0.3) is 0 Å². The maximum absolute atomic E-state index is 11.8. The van der Waals surface area contributed by atoms with Crippen molar-refractivity contribution in [2.24, 2.45) is 0 Å². The summed E-state index contributed by atoms with van der Waals surface area (Å²) in [5.41, 5.74) is 0.545. The number of carboxylic acid groups (broad SMARTS) is 1. The molecule has 21 heavy (non-hydrogen) atoms. The second kappa shape index (κ2) is 8.80. The Labute approximate surface area is 123 Å². The SMILES string of the molecule is CCOc1ccccc1NC(=O)NCC(CC(=O)O)OC. The molecule has 0 spiro atoms. The second-order valence-electron chi connectivity index (χ2n) is 4.22. The van der Waals surface area contributed by atoms with Gasteiger partial charge in [-0.2, -0.15) is 0 Å². The lowest BCUT2D eigenvalue weighted by atomic mass is 10.2. The number of para-hydroxylation sites is 2. The molecule has 1 aromatic rings. The lowest BCUT2D eigenvalue weighted by molar-refractivity contribution is -0.139. The fourth-order valence-corrected chi connectivity index (χ4v) is 1.66. The molecule has 0 saturated carbocycles. The molecule has 0 aliphatic carbocycles. The molecule has 0 aliphatic heterocycles. The molecule has 0 bridgehead atoms. The molecule has 0 heterocycles. The third kappa shape index (κ3) is 6.13. The number of aliphatic carboxylic acids is 1. The van der Waals surface area contributed by atoms with E-state index in [0.717, 1.165) is 0 Å². The normalized spacial score (nSPS) is 11.5. The highest BCUT2D eigenvalue weighted by atomic mass is 16.5. The van der Waals surface area contributed by atoms with Gasteiger partial charge in [-0.15, -0.1) is 0 Å². The molecule has 0 aliphatic rings. The smallest absolute Gasteiger partial charge is 0.319 e. The predicted molar refractivity (Wildman–Crippen MR) is 77.7 cm³/mol. The molecular weight excluding hydrogens is 276 g/mol. The third-order valence-electron chi connectivity index (χ3n) is 2.66. The van der Waals surface area contributed by atoms with Crippen molar-refractivity contribution in [1.82, 2.24) is 5.32 Å². The maximum atomic E-state index is 11.8. The van der Waals surface area contributed by atoms with Crippen molar-refractivity contribution < 1.29 is 24.2 Å². The Bertz CT molecular complexity index is 478. The number of carbonyl (C=O) groups excluding carboxylic acids is 1. The zero-order valence-electron chi connectivity index (χ0n) is 12.1. The number of nitrogens with one attached hydrogen (secondary N) is 2. The highest BCUT2D eigenvalue weighted by molar-refractivity contribution is 5.90. The Morgan fingerprint density at radius 3 is 2.67 bits per heavy atom. The fourth-order valence-electron chi connectivity index (χ4n) is 1.66. The number of methoxy groups -OCH3 is 1. The third-order valence-corrected chi connectivity index (χ3v) is 2.66. The maximum Gasteiger partial charge on any atom is 0.319 e. The minimum atomic E-state index is -0.981.